The molecule has 61 heavy (non-hydrogen) atoms. The highest BCUT2D eigenvalue weighted by atomic mass is 15.1. The molecule has 0 amide bonds. The van der Waals surface area contributed by atoms with E-state index in [0.29, 0.717) is 0 Å². The van der Waals surface area contributed by atoms with Gasteiger partial charge < -0.3 is 9.47 Å². The molecule has 2 nitrogen and oxygen atoms in total. The molecule has 0 bridgehead atoms. The molecule has 0 aliphatic carbocycles. The Morgan fingerprint density at radius 1 is 0.344 bits per heavy atom. The van der Waals surface area contributed by atoms with Crippen LogP contribution in [-0.4, -0.2) is 4.57 Å². The largest absolute Gasteiger partial charge is 0.310 e. The number of anilines is 3. The Labute approximate surface area is 357 Å². The third-order valence-corrected chi connectivity index (χ3v) is 12.2. The summed E-state index contributed by atoms with van der Waals surface area (Å²) >= 11 is 0. The maximum absolute atomic E-state index is 2.41. The van der Waals surface area contributed by atoms with E-state index in [1.807, 2.05) is 0 Å². The number of nitrogens with zero attached hydrogens (tertiary/aromatic N) is 2. The first kappa shape index (κ1) is 36.4. The number of aromatic nitrogens is 1. The molecule has 0 aliphatic heterocycles. The summed E-state index contributed by atoms with van der Waals surface area (Å²) in [6, 6.07) is 82.2. The number of aryl methyl sites for hydroxylation is 1. The molecule has 0 aliphatic rings. The molecule has 0 saturated carbocycles. The molecule has 0 radical (unpaired) electrons. The van der Waals surface area contributed by atoms with Gasteiger partial charge >= 0.3 is 0 Å². The first-order valence-corrected chi connectivity index (χ1v) is 21.4. The highest BCUT2D eigenvalue weighted by molar-refractivity contribution is 6.22. The summed E-state index contributed by atoms with van der Waals surface area (Å²) in [5.74, 6) is 0. The lowest BCUT2D eigenvalue weighted by atomic mass is 9.85. The number of fused-ring (bicyclic) bond motifs is 5. The van der Waals surface area contributed by atoms with E-state index in [2.05, 4.69) is 241 Å². The monoisotopic (exact) mass is 780 g/mol. The zero-order valence-electron chi connectivity index (χ0n) is 34.2. The number of benzene rings is 10. The van der Waals surface area contributed by atoms with Gasteiger partial charge in [0, 0.05) is 33.5 Å². The summed E-state index contributed by atoms with van der Waals surface area (Å²) in [6.45, 7) is 2.25. The summed E-state index contributed by atoms with van der Waals surface area (Å²) in [4.78, 5) is 2.39. The van der Waals surface area contributed by atoms with Gasteiger partial charge in [-0.05, 0) is 140 Å². The Balaban J connectivity index is 1.06. The molecule has 0 saturated heterocycles. The van der Waals surface area contributed by atoms with E-state index in [4.69, 9.17) is 0 Å². The standard InChI is InChI=1S/C59H44N2/c1-2-17-41-28-36-56-53(38-41)54-40-49(34-37-57(54)61(56)47-24-13-6-14-25-47)60(46-22-11-5-12-23-46)48-32-29-42(30-33-48)45-31-35-52-55(39-45)59(44-20-9-4-10-21-44)51-27-16-15-26-50(51)58(52)43-18-7-3-8-19-43/h3-16,18-40H,2,17H2,1H3. The SMILES string of the molecule is CCCc1ccc2c(c1)c1cc(N(c3ccccc3)c3ccc(-c4ccc5c(-c6ccccc6)c6ccccc6c(-c6ccccc6)c5c4)cc3)ccc1n2-c1ccccc1. The van der Waals surface area contributed by atoms with Crippen molar-refractivity contribution in [3.05, 3.63) is 230 Å². The molecule has 0 fully saturated rings. The lowest BCUT2D eigenvalue weighted by Crippen LogP contribution is -2.09. The predicted octanol–water partition coefficient (Wildman–Crippen LogP) is 16.5. The average Bonchev–Trinajstić information content (AvgIpc) is 3.65. The third kappa shape index (κ3) is 6.45. The maximum atomic E-state index is 2.41. The molecule has 1 heterocycles. The maximum Gasteiger partial charge on any atom is 0.0542 e. The number of hydrogen-bond donors (Lipinski definition) is 0. The van der Waals surface area contributed by atoms with Crippen LogP contribution in [0, 0.1) is 0 Å². The lowest BCUT2D eigenvalue weighted by Gasteiger charge is -2.26. The van der Waals surface area contributed by atoms with Crippen LogP contribution in [0.5, 0.6) is 0 Å². The quantitative estimate of drug-likeness (QED) is 0.132. The highest BCUT2D eigenvalue weighted by Crippen LogP contribution is 2.46. The third-order valence-electron chi connectivity index (χ3n) is 12.2. The second-order valence-electron chi connectivity index (χ2n) is 16.0. The molecule has 10 aromatic carbocycles. The Morgan fingerprint density at radius 3 is 1.48 bits per heavy atom. The van der Waals surface area contributed by atoms with Gasteiger partial charge in [-0.25, -0.2) is 0 Å². The fraction of sp³-hybridized carbons (Fsp3) is 0.0508. The van der Waals surface area contributed by atoms with Crippen LogP contribution < -0.4 is 4.90 Å². The Morgan fingerprint density at radius 2 is 0.836 bits per heavy atom. The zero-order valence-corrected chi connectivity index (χ0v) is 34.2. The molecule has 2 heteroatoms. The molecular formula is C59H44N2. The number of para-hydroxylation sites is 2. The fourth-order valence-corrected chi connectivity index (χ4v) is 9.51. The van der Waals surface area contributed by atoms with Gasteiger partial charge in [0.2, 0.25) is 0 Å². The van der Waals surface area contributed by atoms with Gasteiger partial charge in [-0.15, -0.1) is 0 Å². The van der Waals surface area contributed by atoms with Crippen LogP contribution in [0.3, 0.4) is 0 Å². The fourth-order valence-electron chi connectivity index (χ4n) is 9.51. The Kier molecular flexibility index (Phi) is 9.24. The smallest absolute Gasteiger partial charge is 0.0542 e. The van der Waals surface area contributed by atoms with Crippen LogP contribution in [-0.2, 0) is 6.42 Å². The van der Waals surface area contributed by atoms with Gasteiger partial charge in [0.15, 0.2) is 0 Å². The van der Waals surface area contributed by atoms with Gasteiger partial charge in [-0.2, -0.15) is 0 Å². The molecule has 1 aromatic heterocycles. The second kappa shape index (κ2) is 15.5. The first-order chi connectivity index (χ1) is 30.2. The number of rotatable bonds is 9. The van der Waals surface area contributed by atoms with Crippen molar-refractivity contribution in [1.82, 2.24) is 4.57 Å². The molecule has 11 rings (SSSR count). The second-order valence-corrected chi connectivity index (χ2v) is 16.0. The minimum Gasteiger partial charge on any atom is -0.310 e. The minimum atomic E-state index is 1.06. The predicted molar refractivity (Wildman–Crippen MR) is 261 cm³/mol. The van der Waals surface area contributed by atoms with Gasteiger partial charge in [0.1, 0.15) is 0 Å². The van der Waals surface area contributed by atoms with Gasteiger partial charge in [0.05, 0.1) is 11.0 Å². The van der Waals surface area contributed by atoms with Gasteiger partial charge in [0.25, 0.3) is 0 Å². The summed E-state index contributed by atoms with van der Waals surface area (Å²) in [5.41, 5.74) is 15.7. The number of hydrogen-bond acceptors (Lipinski definition) is 1. The van der Waals surface area contributed by atoms with Gasteiger partial charge in [-0.1, -0.05) is 165 Å². The molecule has 290 valence electrons. The van der Waals surface area contributed by atoms with Crippen molar-refractivity contribution in [2.75, 3.05) is 4.90 Å². The van der Waals surface area contributed by atoms with Crippen LogP contribution in [0.4, 0.5) is 17.1 Å². The molecule has 0 unspecified atom stereocenters. The molecular weight excluding hydrogens is 737 g/mol. The molecule has 11 aromatic rings. The summed E-state index contributed by atoms with van der Waals surface area (Å²) in [5, 5.41) is 7.56. The first-order valence-electron chi connectivity index (χ1n) is 21.4. The van der Waals surface area contributed by atoms with E-state index in [1.54, 1.807) is 0 Å². The van der Waals surface area contributed by atoms with E-state index in [0.717, 1.165) is 29.9 Å². The Bertz CT molecular complexity index is 3330. The van der Waals surface area contributed by atoms with Crippen LogP contribution in [0.2, 0.25) is 0 Å². The van der Waals surface area contributed by atoms with Crippen LogP contribution in [0.15, 0.2) is 224 Å². The van der Waals surface area contributed by atoms with Crippen LogP contribution >= 0.6 is 0 Å². The molecule has 0 spiro atoms. The van der Waals surface area contributed by atoms with E-state index in [9.17, 15) is 0 Å². The topological polar surface area (TPSA) is 8.17 Å². The molecule has 0 N–H and O–H groups in total. The van der Waals surface area contributed by atoms with Gasteiger partial charge in [-0.3, -0.25) is 0 Å². The minimum absolute atomic E-state index is 1.06. The normalized spacial score (nSPS) is 11.5. The van der Waals surface area contributed by atoms with Crippen molar-refractivity contribution >= 4 is 60.4 Å². The van der Waals surface area contributed by atoms with Crippen molar-refractivity contribution in [1.29, 1.82) is 0 Å². The summed E-state index contributed by atoms with van der Waals surface area (Å²) < 4.78 is 2.41. The van der Waals surface area contributed by atoms with E-state index >= 15 is 0 Å². The van der Waals surface area contributed by atoms with Crippen LogP contribution in [0.1, 0.15) is 18.9 Å². The zero-order chi connectivity index (χ0) is 40.7. The van der Waals surface area contributed by atoms with Crippen LogP contribution in [0.25, 0.3) is 82.4 Å². The highest BCUT2D eigenvalue weighted by Gasteiger charge is 2.20. The summed E-state index contributed by atoms with van der Waals surface area (Å²) in [7, 11) is 0. The van der Waals surface area contributed by atoms with Crippen molar-refractivity contribution < 1.29 is 0 Å². The van der Waals surface area contributed by atoms with Crippen molar-refractivity contribution in [3.63, 3.8) is 0 Å². The van der Waals surface area contributed by atoms with E-state index in [1.165, 1.54) is 88.0 Å². The summed E-state index contributed by atoms with van der Waals surface area (Å²) in [6.07, 6.45) is 2.18. The average molecular weight is 781 g/mol. The van der Waals surface area contributed by atoms with E-state index < -0.39 is 0 Å². The van der Waals surface area contributed by atoms with Crippen molar-refractivity contribution in [3.8, 4) is 39.1 Å². The molecule has 0 atom stereocenters. The van der Waals surface area contributed by atoms with E-state index in [-0.39, 0.29) is 0 Å². The van der Waals surface area contributed by atoms with Crippen molar-refractivity contribution in [2.45, 2.75) is 19.8 Å². The van der Waals surface area contributed by atoms with Crippen molar-refractivity contribution in [2.24, 2.45) is 0 Å². The Hall–Kier alpha value is -7.68. The lowest BCUT2D eigenvalue weighted by molar-refractivity contribution is 0.923.